The number of nitrogens with two attached hydrogens (primary N) is 1. The first-order chi connectivity index (χ1) is 9.88. The van der Waals surface area contributed by atoms with Crippen LogP contribution in [0.5, 0.6) is 0 Å². The summed E-state index contributed by atoms with van der Waals surface area (Å²) >= 11 is 13.3. The van der Waals surface area contributed by atoms with Gasteiger partial charge in [0.1, 0.15) is 10.6 Å². The molecule has 0 fully saturated rings. The summed E-state index contributed by atoms with van der Waals surface area (Å²) < 4.78 is 5.27. The van der Waals surface area contributed by atoms with E-state index >= 15 is 0 Å². The Morgan fingerprint density at radius 2 is 1.90 bits per heavy atom. The predicted octanol–water partition coefficient (Wildman–Crippen LogP) is 5.12. The molecular formula is C15H15Cl2NO2S. The van der Waals surface area contributed by atoms with Gasteiger partial charge in [-0.05, 0) is 29.7 Å². The van der Waals surface area contributed by atoms with E-state index in [0.717, 1.165) is 5.56 Å². The third-order valence-corrected chi connectivity index (χ3v) is 3.99. The van der Waals surface area contributed by atoms with Crippen LogP contribution in [0.15, 0.2) is 23.6 Å². The number of anilines is 1. The molecular weight excluding hydrogens is 329 g/mol. The Morgan fingerprint density at radius 1 is 1.29 bits per heavy atom. The fourth-order valence-corrected chi connectivity index (χ4v) is 3.16. The van der Waals surface area contributed by atoms with Crippen LogP contribution in [0.1, 0.15) is 24.2 Å². The van der Waals surface area contributed by atoms with Gasteiger partial charge in [-0.15, -0.1) is 11.3 Å². The van der Waals surface area contributed by atoms with E-state index in [9.17, 15) is 4.79 Å². The van der Waals surface area contributed by atoms with Gasteiger partial charge in [-0.1, -0.05) is 37.0 Å². The second kappa shape index (κ2) is 6.69. The summed E-state index contributed by atoms with van der Waals surface area (Å²) in [6.45, 7) is 4.30. The third kappa shape index (κ3) is 3.90. The topological polar surface area (TPSA) is 52.3 Å². The van der Waals surface area contributed by atoms with Crippen molar-refractivity contribution in [2.24, 2.45) is 5.92 Å². The van der Waals surface area contributed by atoms with Crippen LogP contribution in [0.2, 0.25) is 10.0 Å². The molecule has 1 heterocycles. The van der Waals surface area contributed by atoms with Crippen LogP contribution in [0, 0.1) is 5.92 Å². The van der Waals surface area contributed by atoms with Gasteiger partial charge in [-0.25, -0.2) is 4.79 Å². The molecule has 0 aliphatic carbocycles. The number of carbonyl (C=O) groups is 1. The molecule has 0 aliphatic heterocycles. The number of nitrogen functional groups attached to an aromatic ring is 1. The Hall–Kier alpha value is -1.23. The standard InChI is InChI=1S/C15H15Cl2NO2S/c1-8(2)6-20-15(19)13-12(7-21-14(13)18)9-3-10(16)5-11(17)4-9/h3-5,7-8H,6,18H2,1-2H3. The van der Waals surface area contributed by atoms with Crippen LogP contribution in [0.4, 0.5) is 5.00 Å². The number of ether oxygens (including phenoxy) is 1. The summed E-state index contributed by atoms with van der Waals surface area (Å²) in [5, 5.41) is 3.24. The van der Waals surface area contributed by atoms with Gasteiger partial charge in [0.15, 0.2) is 0 Å². The maximum absolute atomic E-state index is 12.2. The van der Waals surface area contributed by atoms with Crippen LogP contribution in [-0.2, 0) is 4.74 Å². The van der Waals surface area contributed by atoms with E-state index in [1.165, 1.54) is 11.3 Å². The van der Waals surface area contributed by atoms with Crippen LogP contribution >= 0.6 is 34.5 Å². The molecule has 0 radical (unpaired) electrons. The van der Waals surface area contributed by atoms with Crippen molar-refractivity contribution in [2.45, 2.75) is 13.8 Å². The number of rotatable bonds is 4. The van der Waals surface area contributed by atoms with Gasteiger partial charge in [0.2, 0.25) is 0 Å². The zero-order valence-corrected chi connectivity index (χ0v) is 14.0. The minimum atomic E-state index is -0.423. The first kappa shape index (κ1) is 16.1. The first-order valence-electron chi connectivity index (χ1n) is 6.39. The van der Waals surface area contributed by atoms with Crippen molar-refractivity contribution < 1.29 is 9.53 Å². The lowest BCUT2D eigenvalue weighted by molar-refractivity contribution is 0.0461. The van der Waals surface area contributed by atoms with E-state index < -0.39 is 5.97 Å². The number of esters is 1. The molecule has 2 rings (SSSR count). The average Bonchev–Trinajstić information content (AvgIpc) is 2.76. The Morgan fingerprint density at radius 3 is 2.48 bits per heavy atom. The third-order valence-electron chi connectivity index (χ3n) is 2.74. The highest BCUT2D eigenvalue weighted by Crippen LogP contribution is 2.36. The molecule has 0 atom stereocenters. The molecule has 2 N–H and O–H groups in total. The van der Waals surface area contributed by atoms with Crippen LogP contribution in [-0.4, -0.2) is 12.6 Å². The van der Waals surface area contributed by atoms with Crippen molar-refractivity contribution in [1.82, 2.24) is 0 Å². The fourth-order valence-electron chi connectivity index (χ4n) is 1.82. The highest BCUT2D eigenvalue weighted by Gasteiger charge is 2.20. The molecule has 0 amide bonds. The SMILES string of the molecule is CC(C)COC(=O)c1c(-c2cc(Cl)cc(Cl)c2)csc1N. The largest absolute Gasteiger partial charge is 0.462 e. The molecule has 112 valence electrons. The summed E-state index contributed by atoms with van der Waals surface area (Å²) in [5.41, 5.74) is 7.73. The fraction of sp³-hybridized carbons (Fsp3) is 0.267. The smallest absolute Gasteiger partial charge is 0.341 e. The number of hydrogen-bond donors (Lipinski definition) is 1. The zero-order chi connectivity index (χ0) is 15.6. The summed E-state index contributed by atoms with van der Waals surface area (Å²) in [4.78, 5) is 12.2. The van der Waals surface area contributed by atoms with Crippen LogP contribution in [0.3, 0.4) is 0 Å². The summed E-state index contributed by atoms with van der Waals surface area (Å²) in [7, 11) is 0. The molecule has 0 spiro atoms. The van der Waals surface area contributed by atoms with Gasteiger partial charge in [0, 0.05) is 21.0 Å². The van der Waals surface area contributed by atoms with Crippen LogP contribution in [0.25, 0.3) is 11.1 Å². The van der Waals surface area contributed by atoms with Crippen molar-refractivity contribution in [2.75, 3.05) is 12.3 Å². The molecule has 2 aromatic rings. The monoisotopic (exact) mass is 343 g/mol. The summed E-state index contributed by atoms with van der Waals surface area (Å²) in [5.74, 6) is -0.161. The number of carbonyl (C=O) groups excluding carboxylic acids is 1. The maximum atomic E-state index is 12.2. The van der Waals surface area contributed by atoms with Gasteiger partial charge in [0.05, 0.1) is 6.61 Å². The normalized spacial score (nSPS) is 10.9. The maximum Gasteiger partial charge on any atom is 0.341 e. The highest BCUT2D eigenvalue weighted by atomic mass is 35.5. The molecule has 0 saturated carbocycles. The van der Waals surface area contributed by atoms with E-state index in [2.05, 4.69) is 0 Å². The van der Waals surface area contributed by atoms with E-state index in [4.69, 9.17) is 33.7 Å². The van der Waals surface area contributed by atoms with E-state index in [-0.39, 0.29) is 5.92 Å². The molecule has 6 heteroatoms. The molecule has 3 nitrogen and oxygen atoms in total. The highest BCUT2D eigenvalue weighted by molar-refractivity contribution is 7.15. The molecule has 0 aliphatic rings. The lowest BCUT2D eigenvalue weighted by atomic mass is 10.0. The molecule has 1 aromatic carbocycles. The van der Waals surface area contributed by atoms with Crippen molar-refractivity contribution in [1.29, 1.82) is 0 Å². The molecule has 0 unspecified atom stereocenters. The first-order valence-corrected chi connectivity index (χ1v) is 8.02. The zero-order valence-electron chi connectivity index (χ0n) is 11.7. The van der Waals surface area contributed by atoms with Crippen molar-refractivity contribution in [3.63, 3.8) is 0 Å². The average molecular weight is 344 g/mol. The van der Waals surface area contributed by atoms with Gasteiger partial charge in [-0.3, -0.25) is 0 Å². The number of thiophene rings is 1. The second-order valence-corrected chi connectivity index (χ2v) is 6.82. The van der Waals surface area contributed by atoms with Crippen LogP contribution < -0.4 is 5.73 Å². The molecule has 1 aromatic heterocycles. The summed E-state index contributed by atoms with van der Waals surface area (Å²) in [6.07, 6.45) is 0. The summed E-state index contributed by atoms with van der Waals surface area (Å²) in [6, 6.07) is 5.13. The number of hydrogen-bond acceptors (Lipinski definition) is 4. The van der Waals surface area contributed by atoms with E-state index in [0.29, 0.717) is 32.8 Å². The lowest BCUT2D eigenvalue weighted by Crippen LogP contribution is -2.11. The number of halogens is 2. The second-order valence-electron chi connectivity index (χ2n) is 5.04. The van der Waals surface area contributed by atoms with Crippen molar-refractivity contribution in [3.8, 4) is 11.1 Å². The Bertz CT molecular complexity index is 647. The molecule has 21 heavy (non-hydrogen) atoms. The Balaban J connectivity index is 2.40. The minimum absolute atomic E-state index is 0.262. The van der Waals surface area contributed by atoms with Crippen molar-refractivity contribution in [3.05, 3.63) is 39.2 Å². The quantitative estimate of drug-likeness (QED) is 0.784. The Kier molecular flexibility index (Phi) is 5.14. The number of benzene rings is 1. The lowest BCUT2D eigenvalue weighted by Gasteiger charge is -2.09. The Labute approximate surface area is 137 Å². The minimum Gasteiger partial charge on any atom is -0.462 e. The van der Waals surface area contributed by atoms with Crippen molar-refractivity contribution >= 4 is 45.5 Å². The van der Waals surface area contributed by atoms with Gasteiger partial charge in [0.25, 0.3) is 0 Å². The van der Waals surface area contributed by atoms with Gasteiger partial charge < -0.3 is 10.5 Å². The van der Waals surface area contributed by atoms with Gasteiger partial charge in [-0.2, -0.15) is 0 Å². The predicted molar refractivity (Wildman–Crippen MR) is 89.3 cm³/mol. The molecule has 0 bridgehead atoms. The molecule has 0 saturated heterocycles. The van der Waals surface area contributed by atoms with E-state index in [1.807, 2.05) is 19.2 Å². The van der Waals surface area contributed by atoms with E-state index in [1.54, 1.807) is 18.2 Å². The van der Waals surface area contributed by atoms with Gasteiger partial charge >= 0.3 is 5.97 Å².